The first-order valence-electron chi connectivity index (χ1n) is 5.31. The second-order valence-electron chi connectivity index (χ2n) is 3.37. The minimum Gasteiger partial charge on any atom is -0.149 e. The molecule has 0 aromatic carbocycles. The second-order valence-corrected chi connectivity index (χ2v) is 4.40. The van der Waals surface area contributed by atoms with Crippen LogP contribution >= 0.6 is 11.3 Å². The third-order valence-electron chi connectivity index (χ3n) is 1.78. The highest BCUT2D eigenvalue weighted by atomic mass is 32.1. The standard InChI is InChI=1S/C10H16S.C2H6/c1-9(2)5-3-6-10-7-4-8-11-10;1-2/h4,7-9H,3,5-6H2,1-2H3;1-2H3. The van der Waals surface area contributed by atoms with Crippen LogP contribution in [0.15, 0.2) is 17.5 Å². The van der Waals surface area contributed by atoms with Gasteiger partial charge in [0.2, 0.25) is 0 Å². The normalized spacial score (nSPS) is 9.62. The van der Waals surface area contributed by atoms with Gasteiger partial charge >= 0.3 is 0 Å². The fourth-order valence-electron chi connectivity index (χ4n) is 1.14. The van der Waals surface area contributed by atoms with Gasteiger partial charge < -0.3 is 0 Å². The Morgan fingerprint density at radius 3 is 2.46 bits per heavy atom. The van der Waals surface area contributed by atoms with Crippen LogP contribution in [-0.2, 0) is 6.42 Å². The van der Waals surface area contributed by atoms with E-state index in [9.17, 15) is 0 Å². The molecule has 0 saturated heterocycles. The maximum atomic E-state index is 2.29. The van der Waals surface area contributed by atoms with Gasteiger partial charge in [-0.15, -0.1) is 11.3 Å². The van der Waals surface area contributed by atoms with Crippen LogP contribution in [0.25, 0.3) is 0 Å². The predicted molar refractivity (Wildman–Crippen MR) is 63.4 cm³/mol. The molecule has 0 saturated carbocycles. The maximum absolute atomic E-state index is 2.29. The largest absolute Gasteiger partial charge is 0.149 e. The molecule has 1 heteroatoms. The molecule has 1 rings (SSSR count). The van der Waals surface area contributed by atoms with Crippen LogP contribution in [0.2, 0.25) is 0 Å². The van der Waals surface area contributed by atoms with Gasteiger partial charge in [0.25, 0.3) is 0 Å². The lowest BCUT2D eigenvalue weighted by Crippen LogP contribution is -1.88. The summed E-state index contributed by atoms with van der Waals surface area (Å²) >= 11 is 1.87. The van der Waals surface area contributed by atoms with Gasteiger partial charge in [-0.2, -0.15) is 0 Å². The van der Waals surface area contributed by atoms with E-state index in [0.717, 1.165) is 5.92 Å². The van der Waals surface area contributed by atoms with E-state index in [4.69, 9.17) is 0 Å². The van der Waals surface area contributed by atoms with Crippen molar-refractivity contribution in [1.29, 1.82) is 0 Å². The van der Waals surface area contributed by atoms with Crippen LogP contribution in [0.5, 0.6) is 0 Å². The molecule has 0 N–H and O–H groups in total. The molecule has 1 heterocycles. The van der Waals surface area contributed by atoms with Crippen molar-refractivity contribution in [3.63, 3.8) is 0 Å². The highest BCUT2D eigenvalue weighted by Crippen LogP contribution is 2.13. The first-order chi connectivity index (χ1) is 6.29. The predicted octanol–water partition coefficient (Wildman–Crippen LogP) is 4.75. The zero-order valence-electron chi connectivity index (χ0n) is 9.34. The van der Waals surface area contributed by atoms with Crippen molar-refractivity contribution in [3.8, 4) is 0 Å². The summed E-state index contributed by atoms with van der Waals surface area (Å²) in [6, 6.07) is 4.36. The van der Waals surface area contributed by atoms with Crippen LogP contribution in [-0.4, -0.2) is 0 Å². The number of rotatable bonds is 4. The molecule has 0 unspecified atom stereocenters. The molecule has 0 spiro atoms. The number of thiophene rings is 1. The lowest BCUT2D eigenvalue weighted by atomic mass is 10.1. The lowest BCUT2D eigenvalue weighted by Gasteiger charge is -2.01. The average molecular weight is 198 g/mol. The summed E-state index contributed by atoms with van der Waals surface area (Å²) in [5.41, 5.74) is 0. The Kier molecular flexibility index (Phi) is 8.11. The molecule has 0 atom stereocenters. The third-order valence-corrected chi connectivity index (χ3v) is 2.72. The molecule has 0 aliphatic heterocycles. The zero-order valence-corrected chi connectivity index (χ0v) is 10.2. The average Bonchev–Trinajstić information content (AvgIpc) is 2.60. The van der Waals surface area contributed by atoms with Crippen molar-refractivity contribution in [2.24, 2.45) is 5.92 Å². The molecule has 0 aliphatic rings. The molecule has 1 aromatic heterocycles. The molecule has 1 aromatic rings. The molecule has 0 aliphatic carbocycles. The Labute approximate surface area is 87.0 Å². The fourth-order valence-corrected chi connectivity index (χ4v) is 1.89. The molecule has 13 heavy (non-hydrogen) atoms. The molecule has 0 bridgehead atoms. The van der Waals surface area contributed by atoms with Crippen molar-refractivity contribution >= 4 is 11.3 Å². The van der Waals surface area contributed by atoms with Crippen LogP contribution in [0.3, 0.4) is 0 Å². The molecular formula is C12H22S. The summed E-state index contributed by atoms with van der Waals surface area (Å²) in [6.07, 6.45) is 3.98. The van der Waals surface area contributed by atoms with E-state index < -0.39 is 0 Å². The van der Waals surface area contributed by atoms with Gasteiger partial charge in [0.05, 0.1) is 0 Å². The summed E-state index contributed by atoms with van der Waals surface area (Å²) in [7, 11) is 0. The smallest absolute Gasteiger partial charge is 0.00452 e. The van der Waals surface area contributed by atoms with E-state index in [-0.39, 0.29) is 0 Å². The number of hydrogen-bond acceptors (Lipinski definition) is 1. The van der Waals surface area contributed by atoms with Crippen molar-refractivity contribution in [2.45, 2.75) is 47.0 Å². The van der Waals surface area contributed by atoms with Crippen LogP contribution in [0, 0.1) is 5.92 Å². The van der Waals surface area contributed by atoms with E-state index in [1.54, 1.807) is 0 Å². The summed E-state index contributed by atoms with van der Waals surface area (Å²) in [6.45, 7) is 8.57. The van der Waals surface area contributed by atoms with Gasteiger partial charge in [0, 0.05) is 4.88 Å². The molecule has 0 radical (unpaired) electrons. The van der Waals surface area contributed by atoms with E-state index in [1.165, 1.54) is 24.1 Å². The van der Waals surface area contributed by atoms with Gasteiger partial charge in [-0.1, -0.05) is 40.2 Å². The molecule has 0 amide bonds. The van der Waals surface area contributed by atoms with Crippen molar-refractivity contribution in [3.05, 3.63) is 22.4 Å². The van der Waals surface area contributed by atoms with E-state index in [0.29, 0.717) is 0 Å². The van der Waals surface area contributed by atoms with Crippen LogP contribution in [0.1, 0.15) is 45.4 Å². The Morgan fingerprint density at radius 1 is 1.31 bits per heavy atom. The van der Waals surface area contributed by atoms with Gasteiger partial charge in [-0.05, 0) is 30.2 Å². The monoisotopic (exact) mass is 198 g/mol. The van der Waals surface area contributed by atoms with Crippen molar-refractivity contribution < 1.29 is 0 Å². The SMILES string of the molecule is CC.CC(C)CCCc1cccs1. The molecule has 0 fully saturated rings. The van der Waals surface area contributed by atoms with E-state index in [1.807, 2.05) is 25.2 Å². The summed E-state index contributed by atoms with van der Waals surface area (Å²) in [5.74, 6) is 0.856. The molecule has 0 nitrogen and oxygen atoms in total. The quantitative estimate of drug-likeness (QED) is 0.654. The van der Waals surface area contributed by atoms with Crippen molar-refractivity contribution in [1.82, 2.24) is 0 Å². The molecule has 76 valence electrons. The number of aryl methyl sites for hydroxylation is 1. The zero-order chi connectivity index (χ0) is 10.1. The summed E-state index contributed by atoms with van der Waals surface area (Å²) in [4.78, 5) is 1.53. The lowest BCUT2D eigenvalue weighted by molar-refractivity contribution is 0.557. The highest BCUT2D eigenvalue weighted by Gasteiger charge is 1.95. The topological polar surface area (TPSA) is 0 Å². The minimum absolute atomic E-state index is 0.856. The first-order valence-corrected chi connectivity index (χ1v) is 6.19. The summed E-state index contributed by atoms with van der Waals surface area (Å²) in [5, 5.41) is 2.16. The minimum atomic E-state index is 0.856. The third kappa shape index (κ3) is 6.83. The fraction of sp³-hybridized carbons (Fsp3) is 0.667. The highest BCUT2D eigenvalue weighted by molar-refractivity contribution is 7.09. The Balaban J connectivity index is 0.000000671. The van der Waals surface area contributed by atoms with Crippen molar-refractivity contribution in [2.75, 3.05) is 0 Å². The maximum Gasteiger partial charge on any atom is 0.00452 e. The van der Waals surface area contributed by atoms with Gasteiger partial charge in [0.1, 0.15) is 0 Å². The second kappa shape index (κ2) is 8.31. The van der Waals surface area contributed by atoms with Gasteiger partial charge in [-0.25, -0.2) is 0 Å². The Hall–Kier alpha value is -0.300. The number of hydrogen-bond donors (Lipinski definition) is 0. The Morgan fingerprint density at radius 2 is 2.00 bits per heavy atom. The first kappa shape index (κ1) is 12.7. The van der Waals surface area contributed by atoms with Crippen LogP contribution in [0.4, 0.5) is 0 Å². The summed E-state index contributed by atoms with van der Waals surface area (Å²) < 4.78 is 0. The van der Waals surface area contributed by atoms with Crippen LogP contribution < -0.4 is 0 Å². The van der Waals surface area contributed by atoms with E-state index >= 15 is 0 Å². The Bertz CT molecular complexity index is 175. The van der Waals surface area contributed by atoms with Gasteiger partial charge in [0.15, 0.2) is 0 Å². The van der Waals surface area contributed by atoms with Gasteiger partial charge in [-0.3, -0.25) is 0 Å². The van der Waals surface area contributed by atoms with E-state index in [2.05, 4.69) is 31.4 Å². The molecular weight excluding hydrogens is 176 g/mol.